The molecule has 1 atom stereocenters. The monoisotopic (exact) mass is 355 g/mol. The summed E-state index contributed by atoms with van der Waals surface area (Å²) in [5.41, 5.74) is 1.53. The summed E-state index contributed by atoms with van der Waals surface area (Å²) < 4.78 is 1.77. The van der Waals surface area contributed by atoms with Crippen molar-refractivity contribution in [1.82, 2.24) is 25.0 Å². The second-order valence-corrected chi connectivity index (χ2v) is 7.50. The number of carbonyl (C=O) groups excluding carboxylic acids is 1. The molecule has 1 aliphatic rings. The number of piperidine rings is 1. The molecule has 0 saturated carbocycles. The van der Waals surface area contributed by atoms with Crippen LogP contribution in [-0.2, 0) is 0 Å². The number of hydrogen-bond donors (Lipinski definition) is 1. The van der Waals surface area contributed by atoms with Gasteiger partial charge in [-0.15, -0.1) is 0 Å². The van der Waals surface area contributed by atoms with E-state index in [1.165, 1.54) is 12.8 Å². The summed E-state index contributed by atoms with van der Waals surface area (Å²) in [5, 5.41) is 7.49. The van der Waals surface area contributed by atoms with E-state index in [9.17, 15) is 4.79 Å². The van der Waals surface area contributed by atoms with Crippen LogP contribution in [0, 0.1) is 5.92 Å². The van der Waals surface area contributed by atoms with E-state index >= 15 is 0 Å². The van der Waals surface area contributed by atoms with Gasteiger partial charge in [0.2, 0.25) is 0 Å². The Hall–Kier alpha value is -2.21. The van der Waals surface area contributed by atoms with Crippen molar-refractivity contribution in [2.45, 2.75) is 39.5 Å². The van der Waals surface area contributed by atoms with E-state index in [2.05, 4.69) is 41.1 Å². The van der Waals surface area contributed by atoms with Crippen molar-refractivity contribution >= 4 is 5.91 Å². The van der Waals surface area contributed by atoms with Crippen molar-refractivity contribution in [3.05, 3.63) is 41.9 Å². The minimum absolute atomic E-state index is 0.0547. The number of carbonyl (C=O) groups is 1. The highest BCUT2D eigenvalue weighted by molar-refractivity contribution is 5.95. The molecule has 26 heavy (non-hydrogen) atoms. The Bertz CT molecular complexity index is 725. The second-order valence-electron chi connectivity index (χ2n) is 7.50. The average Bonchev–Trinajstić information content (AvgIpc) is 3.08. The molecule has 1 fully saturated rings. The average molecular weight is 355 g/mol. The Morgan fingerprint density at radius 1 is 1.38 bits per heavy atom. The van der Waals surface area contributed by atoms with Crippen LogP contribution in [0.2, 0.25) is 0 Å². The van der Waals surface area contributed by atoms with Crippen molar-refractivity contribution < 1.29 is 4.79 Å². The molecule has 6 nitrogen and oxygen atoms in total. The van der Waals surface area contributed by atoms with Gasteiger partial charge in [0.15, 0.2) is 5.82 Å². The summed E-state index contributed by atoms with van der Waals surface area (Å²) in [6.07, 6.45) is 5.96. The van der Waals surface area contributed by atoms with Crippen molar-refractivity contribution in [2.24, 2.45) is 5.92 Å². The molecular formula is C20H29N5O. The lowest BCUT2D eigenvalue weighted by molar-refractivity contribution is 0.0942. The van der Waals surface area contributed by atoms with Gasteiger partial charge in [0.05, 0.1) is 17.5 Å². The predicted octanol–water partition coefficient (Wildman–Crippen LogP) is 2.85. The Balaban J connectivity index is 1.66. The first-order valence-corrected chi connectivity index (χ1v) is 9.56. The van der Waals surface area contributed by atoms with E-state index in [-0.39, 0.29) is 11.8 Å². The zero-order chi connectivity index (χ0) is 18.5. The summed E-state index contributed by atoms with van der Waals surface area (Å²) in [6.45, 7) is 10.3. The standard InChI is InChI=1S/C20H29N5O/c1-15(2)19-17(13-23-25(19)18-8-4-5-9-21-18)20(26)22-10-12-24-11-6-7-16(3)14-24/h4-5,8-9,13,15-16H,6-7,10-12,14H2,1-3H3,(H,22,26). The topological polar surface area (TPSA) is 63.1 Å². The first kappa shape index (κ1) is 18.6. The summed E-state index contributed by atoms with van der Waals surface area (Å²) in [6, 6.07) is 5.70. The number of nitrogens with zero attached hydrogens (tertiary/aromatic N) is 4. The molecule has 3 heterocycles. The van der Waals surface area contributed by atoms with Crippen LogP contribution in [0.3, 0.4) is 0 Å². The van der Waals surface area contributed by atoms with Gasteiger partial charge < -0.3 is 10.2 Å². The molecule has 0 aliphatic carbocycles. The van der Waals surface area contributed by atoms with Crippen LogP contribution in [0.4, 0.5) is 0 Å². The smallest absolute Gasteiger partial charge is 0.254 e. The highest BCUT2D eigenvalue weighted by Gasteiger charge is 2.21. The van der Waals surface area contributed by atoms with Gasteiger partial charge in [-0.1, -0.05) is 26.8 Å². The predicted molar refractivity (Wildman–Crippen MR) is 103 cm³/mol. The fraction of sp³-hybridized carbons (Fsp3) is 0.550. The summed E-state index contributed by atoms with van der Waals surface area (Å²) in [5.74, 6) is 1.60. The number of likely N-dealkylation sites (tertiary alicyclic amines) is 1. The van der Waals surface area contributed by atoms with Crippen LogP contribution in [-0.4, -0.2) is 51.8 Å². The molecule has 0 aromatic carbocycles. The van der Waals surface area contributed by atoms with Crippen molar-refractivity contribution in [2.75, 3.05) is 26.2 Å². The summed E-state index contributed by atoms with van der Waals surface area (Å²) >= 11 is 0. The molecule has 1 aliphatic heterocycles. The highest BCUT2D eigenvalue weighted by Crippen LogP contribution is 2.22. The molecule has 0 spiro atoms. The molecule has 2 aromatic rings. The lowest BCUT2D eigenvalue weighted by Crippen LogP contribution is -2.40. The molecule has 2 aromatic heterocycles. The molecule has 1 amide bonds. The molecule has 3 rings (SSSR count). The fourth-order valence-electron chi connectivity index (χ4n) is 3.66. The Morgan fingerprint density at radius 2 is 2.23 bits per heavy atom. The molecule has 1 N–H and O–H groups in total. The third-order valence-electron chi connectivity index (χ3n) is 4.92. The number of nitrogens with one attached hydrogen (secondary N) is 1. The van der Waals surface area contributed by atoms with Crippen LogP contribution in [0.15, 0.2) is 30.6 Å². The lowest BCUT2D eigenvalue weighted by Gasteiger charge is -2.30. The molecular weight excluding hydrogens is 326 g/mol. The van der Waals surface area contributed by atoms with Crippen LogP contribution < -0.4 is 5.32 Å². The molecule has 140 valence electrons. The third-order valence-corrected chi connectivity index (χ3v) is 4.92. The maximum absolute atomic E-state index is 12.7. The van der Waals surface area contributed by atoms with Gasteiger partial charge in [0.25, 0.3) is 5.91 Å². The normalized spacial score (nSPS) is 18.2. The number of pyridine rings is 1. The molecule has 0 bridgehead atoms. The maximum atomic E-state index is 12.7. The van der Waals surface area contributed by atoms with Crippen LogP contribution >= 0.6 is 0 Å². The number of amides is 1. The van der Waals surface area contributed by atoms with Crippen LogP contribution in [0.1, 0.15) is 55.6 Å². The van der Waals surface area contributed by atoms with Crippen molar-refractivity contribution in [1.29, 1.82) is 0 Å². The van der Waals surface area contributed by atoms with Gasteiger partial charge in [-0.3, -0.25) is 4.79 Å². The largest absolute Gasteiger partial charge is 0.351 e. The van der Waals surface area contributed by atoms with E-state index in [0.717, 1.165) is 37.1 Å². The van der Waals surface area contributed by atoms with E-state index in [0.29, 0.717) is 12.1 Å². The molecule has 0 radical (unpaired) electrons. The van der Waals surface area contributed by atoms with Crippen molar-refractivity contribution in [3.8, 4) is 5.82 Å². The maximum Gasteiger partial charge on any atom is 0.254 e. The van der Waals surface area contributed by atoms with Crippen LogP contribution in [0.25, 0.3) is 5.82 Å². The first-order chi connectivity index (χ1) is 12.6. The minimum atomic E-state index is -0.0547. The van der Waals surface area contributed by atoms with Gasteiger partial charge in [-0.05, 0) is 43.4 Å². The van der Waals surface area contributed by atoms with Crippen LogP contribution in [0.5, 0.6) is 0 Å². The van der Waals surface area contributed by atoms with Gasteiger partial charge in [-0.25, -0.2) is 9.67 Å². The van der Waals surface area contributed by atoms with Gasteiger partial charge in [0.1, 0.15) is 0 Å². The number of rotatable bonds is 6. The SMILES string of the molecule is CC1CCCN(CCNC(=O)c2cnn(-c3ccccn3)c2C(C)C)C1. The molecule has 1 unspecified atom stereocenters. The Morgan fingerprint density at radius 3 is 2.92 bits per heavy atom. The fourth-order valence-corrected chi connectivity index (χ4v) is 3.66. The van der Waals surface area contributed by atoms with E-state index < -0.39 is 0 Å². The Kier molecular flexibility index (Phi) is 6.04. The zero-order valence-electron chi connectivity index (χ0n) is 16.0. The number of aromatic nitrogens is 3. The Labute approximate surface area is 155 Å². The van der Waals surface area contributed by atoms with Gasteiger partial charge in [0, 0.05) is 25.8 Å². The molecule has 6 heteroatoms. The number of hydrogen-bond acceptors (Lipinski definition) is 4. The first-order valence-electron chi connectivity index (χ1n) is 9.56. The zero-order valence-corrected chi connectivity index (χ0v) is 16.0. The summed E-state index contributed by atoms with van der Waals surface area (Å²) in [4.78, 5) is 19.5. The highest BCUT2D eigenvalue weighted by atomic mass is 16.1. The lowest BCUT2D eigenvalue weighted by atomic mass is 10.0. The molecule has 1 saturated heterocycles. The summed E-state index contributed by atoms with van der Waals surface area (Å²) in [7, 11) is 0. The quantitative estimate of drug-likeness (QED) is 0.865. The van der Waals surface area contributed by atoms with Gasteiger partial charge >= 0.3 is 0 Å². The van der Waals surface area contributed by atoms with E-state index in [1.54, 1.807) is 17.1 Å². The van der Waals surface area contributed by atoms with Gasteiger partial charge in [-0.2, -0.15) is 5.10 Å². The van der Waals surface area contributed by atoms with E-state index in [4.69, 9.17) is 0 Å². The van der Waals surface area contributed by atoms with E-state index in [1.807, 2.05) is 18.2 Å². The minimum Gasteiger partial charge on any atom is -0.351 e. The third kappa shape index (κ3) is 4.30. The second kappa shape index (κ2) is 8.45. The van der Waals surface area contributed by atoms with Crippen molar-refractivity contribution in [3.63, 3.8) is 0 Å².